The van der Waals surface area contributed by atoms with E-state index in [0.717, 1.165) is 45.0 Å². The van der Waals surface area contributed by atoms with Crippen LogP contribution in [0.2, 0.25) is 0 Å². The van der Waals surface area contributed by atoms with Crippen LogP contribution in [0.15, 0.2) is 48.5 Å². The van der Waals surface area contributed by atoms with Crippen LogP contribution in [-0.2, 0) is 16.1 Å². The largest absolute Gasteiger partial charge is 0.325 e. The number of piperazine rings is 1. The molecule has 0 spiro atoms. The Morgan fingerprint density at radius 1 is 0.938 bits per heavy atom. The molecule has 1 aliphatic rings. The molecule has 1 heterocycles. The molecule has 1 aliphatic heterocycles. The fourth-order valence-corrected chi connectivity index (χ4v) is 4.15. The van der Waals surface area contributed by atoms with Gasteiger partial charge < -0.3 is 15.5 Å². The van der Waals surface area contributed by atoms with Gasteiger partial charge in [-0.25, -0.2) is 4.39 Å². The van der Waals surface area contributed by atoms with Gasteiger partial charge in [-0.1, -0.05) is 19.1 Å². The predicted octanol–water partition coefficient (Wildman–Crippen LogP) is 3.66. The zero-order valence-electron chi connectivity index (χ0n) is 18.6. The maximum absolute atomic E-state index is 12.9. The Balaban J connectivity index is 1.39. The summed E-state index contributed by atoms with van der Waals surface area (Å²) >= 11 is 1.25. The van der Waals surface area contributed by atoms with Gasteiger partial charge in [0.15, 0.2) is 0 Å². The molecular weight excluding hydrogens is 427 g/mol. The minimum Gasteiger partial charge on any atom is -0.325 e. The topological polar surface area (TPSA) is 64.7 Å². The average Bonchev–Trinajstić information content (AvgIpc) is 2.80. The number of anilines is 2. The Morgan fingerprint density at radius 2 is 1.50 bits per heavy atom. The first-order chi connectivity index (χ1) is 15.4. The fraction of sp³-hybridized carbons (Fsp3) is 0.417. The predicted molar refractivity (Wildman–Crippen MR) is 129 cm³/mol. The summed E-state index contributed by atoms with van der Waals surface area (Å²) in [5.41, 5.74) is 2.51. The van der Waals surface area contributed by atoms with Crippen LogP contribution in [0.4, 0.5) is 15.8 Å². The molecule has 172 valence electrons. The van der Waals surface area contributed by atoms with Crippen LogP contribution in [0.5, 0.6) is 0 Å². The van der Waals surface area contributed by atoms with Crippen molar-refractivity contribution in [3.05, 3.63) is 59.9 Å². The molecule has 2 aromatic carbocycles. The van der Waals surface area contributed by atoms with E-state index in [4.69, 9.17) is 0 Å². The maximum atomic E-state index is 12.9. The first-order valence-corrected chi connectivity index (χ1v) is 12.0. The van der Waals surface area contributed by atoms with Crippen molar-refractivity contribution in [2.75, 3.05) is 49.1 Å². The standard InChI is InChI=1S/C24H31FN4O2S/c1-3-28-12-14-29(15-13-28)16-19-4-8-22(9-5-19)27-24(31)18(2)32-17-23(30)26-21-10-6-20(25)7-11-21/h4-11,18H,3,12-17H2,1-2H3,(H,26,30)(H,27,31). The monoisotopic (exact) mass is 458 g/mol. The number of nitrogens with zero attached hydrogens (tertiary/aromatic N) is 2. The summed E-state index contributed by atoms with van der Waals surface area (Å²) in [6.45, 7) is 10.4. The second-order valence-corrected chi connectivity index (χ2v) is 9.23. The zero-order valence-corrected chi connectivity index (χ0v) is 19.5. The molecule has 1 saturated heterocycles. The van der Waals surface area contributed by atoms with E-state index < -0.39 is 0 Å². The van der Waals surface area contributed by atoms with Crippen LogP contribution < -0.4 is 10.6 Å². The van der Waals surface area contributed by atoms with E-state index in [1.807, 2.05) is 12.1 Å². The summed E-state index contributed by atoms with van der Waals surface area (Å²) in [6, 6.07) is 13.5. The third-order valence-corrected chi connectivity index (χ3v) is 6.64. The van der Waals surface area contributed by atoms with E-state index in [-0.39, 0.29) is 28.6 Å². The van der Waals surface area contributed by atoms with Crippen molar-refractivity contribution in [1.82, 2.24) is 9.80 Å². The molecule has 1 fully saturated rings. The Bertz CT molecular complexity index is 884. The second-order valence-electron chi connectivity index (χ2n) is 7.90. The van der Waals surface area contributed by atoms with Crippen molar-refractivity contribution in [1.29, 1.82) is 0 Å². The molecule has 6 nitrogen and oxygen atoms in total. The lowest BCUT2D eigenvalue weighted by molar-refractivity contribution is -0.115. The number of benzene rings is 2. The molecule has 3 rings (SSSR count). The summed E-state index contributed by atoms with van der Waals surface area (Å²) in [7, 11) is 0. The summed E-state index contributed by atoms with van der Waals surface area (Å²) in [5, 5.41) is 5.22. The fourth-order valence-electron chi connectivity index (χ4n) is 3.47. The molecule has 0 saturated carbocycles. The van der Waals surface area contributed by atoms with Crippen molar-refractivity contribution in [3.63, 3.8) is 0 Å². The highest BCUT2D eigenvalue weighted by Crippen LogP contribution is 2.17. The molecule has 0 aromatic heterocycles. The highest BCUT2D eigenvalue weighted by Gasteiger charge is 2.17. The molecule has 0 radical (unpaired) electrons. The van der Waals surface area contributed by atoms with Gasteiger partial charge in [0.25, 0.3) is 0 Å². The van der Waals surface area contributed by atoms with Gasteiger partial charge in [-0.05, 0) is 55.4 Å². The second kappa shape index (κ2) is 12.0. The molecule has 1 atom stereocenters. The van der Waals surface area contributed by atoms with Crippen molar-refractivity contribution in [2.24, 2.45) is 0 Å². The SMILES string of the molecule is CCN1CCN(Cc2ccc(NC(=O)C(C)SCC(=O)Nc3ccc(F)cc3)cc2)CC1. The van der Waals surface area contributed by atoms with E-state index in [1.54, 1.807) is 6.92 Å². The van der Waals surface area contributed by atoms with Crippen molar-refractivity contribution in [3.8, 4) is 0 Å². The van der Waals surface area contributed by atoms with Gasteiger partial charge in [-0.15, -0.1) is 11.8 Å². The number of halogens is 1. The molecule has 2 aromatic rings. The minimum atomic E-state index is -0.386. The normalized spacial score (nSPS) is 15.8. The van der Waals surface area contributed by atoms with E-state index in [2.05, 4.69) is 39.5 Å². The average molecular weight is 459 g/mol. The highest BCUT2D eigenvalue weighted by atomic mass is 32.2. The minimum absolute atomic E-state index is 0.135. The van der Waals surface area contributed by atoms with Gasteiger partial charge >= 0.3 is 0 Å². The molecule has 0 aliphatic carbocycles. The van der Waals surface area contributed by atoms with Crippen molar-refractivity contribution >= 4 is 35.0 Å². The number of likely N-dealkylation sites (N-methyl/N-ethyl adjacent to an activating group) is 1. The maximum Gasteiger partial charge on any atom is 0.237 e. The number of thioether (sulfide) groups is 1. The summed E-state index contributed by atoms with van der Waals surface area (Å²) in [6.07, 6.45) is 0. The third-order valence-electron chi connectivity index (χ3n) is 5.50. The van der Waals surface area contributed by atoms with Gasteiger partial charge in [-0.3, -0.25) is 14.5 Å². The summed E-state index contributed by atoms with van der Waals surface area (Å²) in [5.74, 6) is -0.597. The van der Waals surface area contributed by atoms with Crippen LogP contribution in [0, 0.1) is 5.82 Å². The quantitative estimate of drug-likeness (QED) is 0.600. The molecule has 32 heavy (non-hydrogen) atoms. The van der Waals surface area contributed by atoms with Gasteiger partial charge in [0, 0.05) is 44.1 Å². The number of hydrogen-bond acceptors (Lipinski definition) is 5. The van der Waals surface area contributed by atoms with Crippen LogP contribution in [0.1, 0.15) is 19.4 Å². The smallest absolute Gasteiger partial charge is 0.237 e. The Morgan fingerprint density at radius 3 is 2.12 bits per heavy atom. The van der Waals surface area contributed by atoms with Crippen molar-refractivity contribution in [2.45, 2.75) is 25.6 Å². The number of amides is 2. The van der Waals surface area contributed by atoms with Crippen LogP contribution in [0.25, 0.3) is 0 Å². The van der Waals surface area contributed by atoms with Crippen LogP contribution >= 0.6 is 11.8 Å². The Kier molecular flexibility index (Phi) is 9.08. The van der Waals surface area contributed by atoms with Crippen LogP contribution in [-0.4, -0.2) is 65.3 Å². The van der Waals surface area contributed by atoms with Gasteiger partial charge in [-0.2, -0.15) is 0 Å². The molecule has 2 N–H and O–H groups in total. The Hall–Kier alpha value is -2.42. The lowest BCUT2D eigenvalue weighted by Gasteiger charge is -2.34. The summed E-state index contributed by atoms with van der Waals surface area (Å²) < 4.78 is 12.9. The first-order valence-electron chi connectivity index (χ1n) is 10.9. The van der Waals surface area contributed by atoms with E-state index >= 15 is 0 Å². The third kappa shape index (κ3) is 7.62. The number of hydrogen-bond donors (Lipinski definition) is 2. The molecule has 8 heteroatoms. The van der Waals surface area contributed by atoms with Gasteiger partial charge in [0.2, 0.25) is 11.8 Å². The van der Waals surface area contributed by atoms with E-state index in [9.17, 15) is 14.0 Å². The Labute approximate surface area is 193 Å². The van der Waals surface area contributed by atoms with Crippen LogP contribution in [0.3, 0.4) is 0 Å². The number of carbonyl (C=O) groups is 2. The lowest BCUT2D eigenvalue weighted by Crippen LogP contribution is -2.45. The highest BCUT2D eigenvalue weighted by molar-refractivity contribution is 8.01. The molecular formula is C24H31FN4O2S. The molecule has 0 bridgehead atoms. The summed E-state index contributed by atoms with van der Waals surface area (Å²) in [4.78, 5) is 29.4. The first kappa shape index (κ1) is 24.2. The number of nitrogens with one attached hydrogen (secondary N) is 2. The van der Waals surface area contributed by atoms with E-state index in [1.165, 1.54) is 41.6 Å². The zero-order chi connectivity index (χ0) is 22.9. The van der Waals surface area contributed by atoms with Gasteiger partial charge in [0.05, 0.1) is 11.0 Å². The molecule has 1 unspecified atom stereocenters. The number of rotatable bonds is 9. The van der Waals surface area contributed by atoms with E-state index in [0.29, 0.717) is 5.69 Å². The van der Waals surface area contributed by atoms with Gasteiger partial charge in [0.1, 0.15) is 5.82 Å². The lowest BCUT2D eigenvalue weighted by atomic mass is 10.1. The molecule has 2 amide bonds. The van der Waals surface area contributed by atoms with Crippen molar-refractivity contribution < 1.29 is 14.0 Å². The number of carbonyl (C=O) groups excluding carboxylic acids is 2.